The Morgan fingerprint density at radius 1 is 1.30 bits per heavy atom. The molecule has 20 heavy (non-hydrogen) atoms. The fourth-order valence-electron chi connectivity index (χ4n) is 1.84. The molecule has 0 radical (unpaired) electrons. The Hall–Kier alpha value is -2.15. The molecule has 0 spiro atoms. The minimum atomic E-state index is -3.80. The van der Waals surface area contributed by atoms with Gasteiger partial charge in [-0.2, -0.15) is 0 Å². The van der Waals surface area contributed by atoms with E-state index in [1.54, 1.807) is 6.92 Å². The molecule has 7 heteroatoms. The first-order chi connectivity index (χ1) is 9.45. The maximum absolute atomic E-state index is 13.3. The maximum atomic E-state index is 13.3. The van der Waals surface area contributed by atoms with E-state index >= 15 is 0 Å². The number of sulfonamides is 1. The van der Waals surface area contributed by atoms with Crippen molar-refractivity contribution in [2.24, 2.45) is 0 Å². The molecule has 0 atom stereocenters. The normalized spacial score (nSPS) is 11.3. The van der Waals surface area contributed by atoms with Crippen molar-refractivity contribution in [2.45, 2.75) is 11.8 Å². The SMILES string of the molecule is CCN(c1cccc(F)c1)S(=O)(=O)c1ccnc(N)c1. The number of hydrogen-bond acceptors (Lipinski definition) is 4. The second kappa shape index (κ2) is 5.46. The lowest BCUT2D eigenvalue weighted by molar-refractivity contribution is 0.591. The predicted molar refractivity (Wildman–Crippen MR) is 75.3 cm³/mol. The van der Waals surface area contributed by atoms with Crippen molar-refractivity contribution < 1.29 is 12.8 Å². The summed E-state index contributed by atoms with van der Waals surface area (Å²) < 4.78 is 39.5. The van der Waals surface area contributed by atoms with Gasteiger partial charge in [0.05, 0.1) is 10.6 Å². The van der Waals surface area contributed by atoms with Gasteiger partial charge >= 0.3 is 0 Å². The summed E-state index contributed by atoms with van der Waals surface area (Å²) in [5.74, 6) is -0.383. The molecule has 1 heterocycles. The summed E-state index contributed by atoms with van der Waals surface area (Å²) in [6, 6.07) is 8.06. The zero-order valence-corrected chi connectivity index (χ0v) is 11.6. The summed E-state index contributed by atoms with van der Waals surface area (Å²) in [7, 11) is -3.80. The van der Waals surface area contributed by atoms with Gasteiger partial charge in [-0.05, 0) is 31.2 Å². The number of anilines is 2. The first-order valence-electron chi connectivity index (χ1n) is 5.95. The molecular weight excluding hydrogens is 281 g/mol. The Morgan fingerprint density at radius 2 is 2.05 bits per heavy atom. The molecule has 0 aliphatic carbocycles. The van der Waals surface area contributed by atoms with E-state index in [1.165, 1.54) is 42.6 Å². The van der Waals surface area contributed by atoms with Gasteiger partial charge in [0.2, 0.25) is 0 Å². The summed E-state index contributed by atoms with van der Waals surface area (Å²) in [5, 5.41) is 0. The molecule has 0 aliphatic rings. The van der Waals surface area contributed by atoms with E-state index in [0.717, 1.165) is 4.31 Å². The third-order valence-electron chi connectivity index (χ3n) is 2.72. The molecule has 0 saturated carbocycles. The van der Waals surface area contributed by atoms with E-state index in [4.69, 9.17) is 5.73 Å². The van der Waals surface area contributed by atoms with E-state index in [2.05, 4.69) is 4.98 Å². The van der Waals surface area contributed by atoms with Crippen LogP contribution in [-0.2, 0) is 10.0 Å². The third-order valence-corrected chi connectivity index (χ3v) is 4.62. The Bertz CT molecular complexity index is 719. The van der Waals surface area contributed by atoms with Gasteiger partial charge in [-0.15, -0.1) is 0 Å². The highest BCUT2D eigenvalue weighted by molar-refractivity contribution is 7.92. The van der Waals surface area contributed by atoms with Gasteiger partial charge < -0.3 is 5.73 Å². The molecule has 0 aliphatic heterocycles. The highest BCUT2D eigenvalue weighted by Gasteiger charge is 2.24. The molecule has 1 aromatic heterocycles. The van der Waals surface area contributed by atoms with Crippen molar-refractivity contribution >= 4 is 21.5 Å². The van der Waals surface area contributed by atoms with Crippen molar-refractivity contribution in [1.29, 1.82) is 0 Å². The summed E-state index contributed by atoms with van der Waals surface area (Å²) in [6.07, 6.45) is 1.32. The van der Waals surface area contributed by atoms with Crippen LogP contribution in [0.2, 0.25) is 0 Å². The van der Waals surface area contributed by atoms with Crippen LogP contribution in [0.25, 0.3) is 0 Å². The Balaban J connectivity index is 2.50. The van der Waals surface area contributed by atoms with Crippen LogP contribution in [0.15, 0.2) is 47.5 Å². The number of benzene rings is 1. The maximum Gasteiger partial charge on any atom is 0.264 e. The number of nitrogens with two attached hydrogens (primary N) is 1. The van der Waals surface area contributed by atoms with E-state index < -0.39 is 15.8 Å². The van der Waals surface area contributed by atoms with E-state index in [1.807, 2.05) is 0 Å². The van der Waals surface area contributed by atoms with Crippen molar-refractivity contribution in [3.63, 3.8) is 0 Å². The van der Waals surface area contributed by atoms with Crippen LogP contribution in [0.4, 0.5) is 15.9 Å². The molecule has 0 unspecified atom stereocenters. The van der Waals surface area contributed by atoms with Crippen LogP contribution < -0.4 is 10.0 Å². The largest absolute Gasteiger partial charge is 0.384 e. The molecule has 106 valence electrons. The first kappa shape index (κ1) is 14.3. The average molecular weight is 295 g/mol. The second-order valence-corrected chi connectivity index (χ2v) is 5.93. The van der Waals surface area contributed by atoms with Crippen LogP contribution >= 0.6 is 0 Å². The standard InChI is InChI=1S/C13H14FN3O2S/c1-2-17(11-5-3-4-10(14)8-11)20(18,19)12-6-7-16-13(15)9-12/h3-9H,2H2,1H3,(H2,15,16). The van der Waals surface area contributed by atoms with Crippen LogP contribution in [0.5, 0.6) is 0 Å². The van der Waals surface area contributed by atoms with Crippen molar-refractivity contribution in [3.8, 4) is 0 Å². The van der Waals surface area contributed by atoms with Crippen molar-refractivity contribution in [2.75, 3.05) is 16.6 Å². The molecule has 0 bridgehead atoms. The number of aromatic nitrogens is 1. The summed E-state index contributed by atoms with van der Waals surface area (Å²) in [6.45, 7) is 1.85. The lowest BCUT2D eigenvalue weighted by Crippen LogP contribution is -2.30. The minimum Gasteiger partial charge on any atom is -0.384 e. The fraction of sp³-hybridized carbons (Fsp3) is 0.154. The van der Waals surface area contributed by atoms with Gasteiger partial charge in [-0.3, -0.25) is 4.31 Å². The molecule has 2 N–H and O–H groups in total. The molecular formula is C13H14FN3O2S. The topological polar surface area (TPSA) is 76.3 Å². The number of rotatable bonds is 4. The van der Waals surface area contributed by atoms with Gasteiger partial charge in [0.15, 0.2) is 0 Å². The van der Waals surface area contributed by atoms with Crippen molar-refractivity contribution in [1.82, 2.24) is 4.98 Å². The van der Waals surface area contributed by atoms with Crippen LogP contribution in [0.1, 0.15) is 6.92 Å². The van der Waals surface area contributed by atoms with Gasteiger partial charge in [0.1, 0.15) is 11.6 Å². The number of nitrogen functional groups attached to an aromatic ring is 1. The molecule has 1 aromatic carbocycles. The Morgan fingerprint density at radius 3 is 2.65 bits per heavy atom. The van der Waals surface area contributed by atoms with Gasteiger partial charge in [-0.1, -0.05) is 6.07 Å². The summed E-state index contributed by atoms with van der Waals surface area (Å²) in [4.78, 5) is 3.78. The highest BCUT2D eigenvalue weighted by atomic mass is 32.2. The van der Waals surface area contributed by atoms with Crippen molar-refractivity contribution in [3.05, 3.63) is 48.4 Å². The number of halogens is 1. The monoisotopic (exact) mass is 295 g/mol. The van der Waals surface area contributed by atoms with Crippen LogP contribution in [-0.4, -0.2) is 19.9 Å². The molecule has 5 nitrogen and oxygen atoms in total. The fourth-order valence-corrected chi connectivity index (χ4v) is 3.33. The second-order valence-electron chi connectivity index (χ2n) is 4.07. The Labute approximate surface area is 116 Å². The quantitative estimate of drug-likeness (QED) is 0.936. The Kier molecular flexibility index (Phi) is 3.89. The van der Waals surface area contributed by atoms with Crippen LogP contribution in [0, 0.1) is 5.82 Å². The molecule has 0 amide bonds. The van der Waals surface area contributed by atoms with Gasteiger partial charge in [0.25, 0.3) is 10.0 Å². The van der Waals surface area contributed by atoms with E-state index in [0.29, 0.717) is 0 Å². The van der Waals surface area contributed by atoms with Gasteiger partial charge in [-0.25, -0.2) is 17.8 Å². The third kappa shape index (κ3) is 2.72. The van der Waals surface area contributed by atoms with Crippen LogP contribution in [0.3, 0.4) is 0 Å². The summed E-state index contributed by atoms with van der Waals surface area (Å²) in [5.41, 5.74) is 5.77. The van der Waals surface area contributed by atoms with E-state index in [9.17, 15) is 12.8 Å². The van der Waals surface area contributed by atoms with E-state index in [-0.39, 0.29) is 22.9 Å². The summed E-state index contributed by atoms with van der Waals surface area (Å²) >= 11 is 0. The number of pyridine rings is 1. The molecule has 2 aromatic rings. The number of nitrogens with zero attached hydrogens (tertiary/aromatic N) is 2. The van der Waals surface area contributed by atoms with Gasteiger partial charge in [0, 0.05) is 18.8 Å². The average Bonchev–Trinajstić information content (AvgIpc) is 2.39. The molecule has 0 fully saturated rings. The zero-order valence-electron chi connectivity index (χ0n) is 10.8. The lowest BCUT2D eigenvalue weighted by atomic mass is 10.3. The molecule has 2 rings (SSSR count). The lowest BCUT2D eigenvalue weighted by Gasteiger charge is -2.23. The number of hydrogen-bond donors (Lipinski definition) is 1. The smallest absolute Gasteiger partial charge is 0.264 e. The minimum absolute atomic E-state index is 0.0242. The predicted octanol–water partition coefficient (Wildman–Crippen LogP) is 2.02. The first-order valence-corrected chi connectivity index (χ1v) is 7.39. The zero-order chi connectivity index (χ0) is 14.8. The molecule has 0 saturated heterocycles. The highest BCUT2D eigenvalue weighted by Crippen LogP contribution is 2.24.